The lowest BCUT2D eigenvalue weighted by atomic mass is 10.2. The number of alkyl halides is 3. The van der Waals surface area contributed by atoms with E-state index < -0.39 is 12.4 Å². The number of benzene rings is 1. The number of hydrogen-bond acceptors (Lipinski definition) is 7. The van der Waals surface area contributed by atoms with Crippen molar-refractivity contribution in [2.24, 2.45) is 0 Å². The molecule has 0 radical (unpaired) electrons. The molecule has 0 bridgehead atoms. The first-order valence-electron chi connectivity index (χ1n) is 9.98. The molecular weight excluding hydrogens is 467 g/mol. The molecule has 33 heavy (non-hydrogen) atoms. The highest BCUT2D eigenvalue weighted by atomic mass is 35.5. The first-order chi connectivity index (χ1) is 15.7. The maximum Gasteiger partial charge on any atom is 0.573 e. The molecule has 0 spiro atoms. The van der Waals surface area contributed by atoms with Crippen LogP contribution in [0.25, 0.3) is 11.2 Å². The molecule has 0 saturated carbocycles. The number of anilines is 2. The number of nitrogens with one attached hydrogen (secondary N) is 1. The summed E-state index contributed by atoms with van der Waals surface area (Å²) in [4.78, 5) is 24.7. The molecule has 1 N–H and O–H groups in total. The summed E-state index contributed by atoms with van der Waals surface area (Å²) in [5, 5.41) is 2.80. The molecule has 0 atom stereocenters. The predicted octanol–water partition coefficient (Wildman–Crippen LogP) is 4.53. The van der Waals surface area contributed by atoms with Crippen LogP contribution < -0.4 is 19.7 Å². The Morgan fingerprint density at radius 3 is 2.67 bits per heavy atom. The summed E-state index contributed by atoms with van der Waals surface area (Å²) in [5.41, 5.74) is 1.12. The highest BCUT2D eigenvalue weighted by Crippen LogP contribution is 2.29. The van der Waals surface area contributed by atoms with Crippen molar-refractivity contribution in [1.29, 1.82) is 0 Å². The number of aromatic nitrogens is 2. The zero-order chi connectivity index (χ0) is 23.6. The minimum atomic E-state index is -4.76. The fourth-order valence-corrected chi connectivity index (χ4v) is 3.54. The fourth-order valence-electron chi connectivity index (χ4n) is 3.36. The topological polar surface area (TPSA) is 93.0 Å². The second-order valence-electron chi connectivity index (χ2n) is 7.00. The van der Waals surface area contributed by atoms with Crippen LogP contribution in [0.5, 0.6) is 11.6 Å². The number of fused-ring (bicyclic) bond motifs is 1. The van der Waals surface area contributed by atoms with Crippen molar-refractivity contribution in [2.75, 3.05) is 43.0 Å². The monoisotopic (exact) mass is 485 g/mol. The molecule has 2 aromatic heterocycles. The molecule has 1 fully saturated rings. The van der Waals surface area contributed by atoms with Gasteiger partial charge in [-0.15, -0.1) is 13.2 Å². The van der Waals surface area contributed by atoms with Crippen LogP contribution >= 0.6 is 11.6 Å². The van der Waals surface area contributed by atoms with Gasteiger partial charge in [-0.3, -0.25) is 5.32 Å². The van der Waals surface area contributed by atoms with Crippen LogP contribution in [0, 0.1) is 0 Å². The maximum atomic E-state index is 12.8. The van der Waals surface area contributed by atoms with Crippen molar-refractivity contribution >= 4 is 40.4 Å². The third-order valence-electron chi connectivity index (χ3n) is 4.79. The average molecular weight is 486 g/mol. The summed E-state index contributed by atoms with van der Waals surface area (Å²) in [6.45, 7) is 3.58. The summed E-state index contributed by atoms with van der Waals surface area (Å²) in [6, 6.07) is 6.80. The molecule has 13 heteroatoms. The number of nitrogens with zero attached hydrogens (tertiary/aromatic N) is 4. The van der Waals surface area contributed by atoms with Crippen LogP contribution in [0.15, 0.2) is 34.7 Å². The molecule has 0 unspecified atom stereocenters. The molecule has 3 aromatic rings. The number of rotatable bonds is 5. The molecule has 1 saturated heterocycles. The molecule has 1 aliphatic rings. The highest BCUT2D eigenvalue weighted by Gasteiger charge is 2.31. The number of hydrogen-bond donors (Lipinski definition) is 1. The smallest absolute Gasteiger partial charge is 0.475 e. The van der Waals surface area contributed by atoms with Crippen LogP contribution in [0.1, 0.15) is 6.92 Å². The van der Waals surface area contributed by atoms with Crippen LogP contribution in [0.4, 0.5) is 29.5 Å². The molecule has 4 rings (SSSR count). The largest absolute Gasteiger partial charge is 0.573 e. The van der Waals surface area contributed by atoms with Gasteiger partial charge in [-0.1, -0.05) is 6.07 Å². The van der Waals surface area contributed by atoms with Crippen molar-refractivity contribution in [2.45, 2.75) is 13.3 Å². The lowest BCUT2D eigenvalue weighted by molar-refractivity contribution is -0.274. The SMILES string of the molecule is CCOc1nc2oc(Cl)cc2nc1NC(=O)N1CCN(c2cccc(OC(F)(F)F)c2)CC1. The van der Waals surface area contributed by atoms with E-state index in [4.69, 9.17) is 20.8 Å². The van der Waals surface area contributed by atoms with Crippen molar-refractivity contribution < 1.29 is 31.9 Å². The molecule has 1 aliphatic heterocycles. The number of piperazine rings is 1. The zero-order valence-corrected chi connectivity index (χ0v) is 18.1. The Balaban J connectivity index is 1.41. The number of urea groups is 1. The van der Waals surface area contributed by atoms with Gasteiger partial charge in [0.2, 0.25) is 5.71 Å². The number of halogens is 4. The average Bonchev–Trinajstić information content (AvgIpc) is 3.12. The standard InChI is InChI=1S/C20H19ClF3N5O4/c1-2-31-18-16(25-14-11-15(21)32-17(14)27-18)26-19(30)29-8-6-28(7-9-29)12-4-3-5-13(10-12)33-20(22,23)24/h3-5,10-11H,2,6-9H2,1H3,(H,25,26,30). The summed E-state index contributed by atoms with van der Waals surface area (Å²) in [5.74, 6) is -0.0623. The summed E-state index contributed by atoms with van der Waals surface area (Å²) < 4.78 is 52.1. The van der Waals surface area contributed by atoms with Gasteiger partial charge in [0.05, 0.1) is 6.61 Å². The molecule has 1 aromatic carbocycles. The van der Waals surface area contributed by atoms with Crippen molar-refractivity contribution in [3.63, 3.8) is 0 Å². The fraction of sp³-hybridized carbons (Fsp3) is 0.350. The van der Waals surface area contributed by atoms with Gasteiger partial charge >= 0.3 is 12.4 Å². The molecule has 0 aliphatic carbocycles. The van der Waals surface area contributed by atoms with E-state index >= 15 is 0 Å². The van der Waals surface area contributed by atoms with Gasteiger partial charge in [-0.25, -0.2) is 9.78 Å². The van der Waals surface area contributed by atoms with Crippen molar-refractivity contribution in [3.05, 3.63) is 35.6 Å². The Labute approximate surface area is 191 Å². The third-order valence-corrected chi connectivity index (χ3v) is 4.98. The van der Waals surface area contributed by atoms with E-state index in [-0.39, 0.29) is 28.4 Å². The lowest BCUT2D eigenvalue weighted by Gasteiger charge is -2.36. The first kappa shape index (κ1) is 22.8. The van der Waals surface area contributed by atoms with Crippen LogP contribution in [0.2, 0.25) is 5.22 Å². The first-order valence-corrected chi connectivity index (χ1v) is 10.4. The second kappa shape index (κ2) is 9.22. The minimum Gasteiger partial charge on any atom is -0.475 e. The lowest BCUT2D eigenvalue weighted by Crippen LogP contribution is -2.50. The number of furan rings is 1. The number of carbonyl (C=O) groups is 1. The molecule has 176 valence electrons. The van der Waals surface area contributed by atoms with Gasteiger partial charge in [-0.05, 0) is 30.7 Å². The van der Waals surface area contributed by atoms with Crippen molar-refractivity contribution in [3.8, 4) is 11.6 Å². The summed E-state index contributed by atoms with van der Waals surface area (Å²) >= 11 is 5.85. The third kappa shape index (κ3) is 5.51. The van der Waals surface area contributed by atoms with E-state index in [1.807, 2.05) is 4.90 Å². The Morgan fingerprint density at radius 1 is 1.21 bits per heavy atom. The maximum absolute atomic E-state index is 12.8. The predicted molar refractivity (Wildman–Crippen MR) is 114 cm³/mol. The van der Waals surface area contributed by atoms with E-state index in [0.717, 1.165) is 0 Å². The molecule has 9 nitrogen and oxygen atoms in total. The quantitative estimate of drug-likeness (QED) is 0.567. The number of ether oxygens (including phenoxy) is 2. The Morgan fingerprint density at radius 2 is 1.97 bits per heavy atom. The van der Waals surface area contributed by atoms with E-state index in [2.05, 4.69) is 20.0 Å². The van der Waals surface area contributed by atoms with Gasteiger partial charge in [-0.2, -0.15) is 4.98 Å². The second-order valence-corrected chi connectivity index (χ2v) is 7.37. The van der Waals surface area contributed by atoms with Gasteiger partial charge < -0.3 is 23.7 Å². The Hall–Kier alpha value is -3.41. The van der Waals surface area contributed by atoms with Crippen LogP contribution in [0.3, 0.4) is 0 Å². The normalized spacial score (nSPS) is 14.5. The summed E-state index contributed by atoms with van der Waals surface area (Å²) in [7, 11) is 0. The van der Waals surface area contributed by atoms with Crippen LogP contribution in [-0.2, 0) is 0 Å². The number of amides is 2. The van der Waals surface area contributed by atoms with Gasteiger partial charge in [0.25, 0.3) is 5.88 Å². The van der Waals surface area contributed by atoms with Gasteiger partial charge in [0, 0.05) is 44.0 Å². The summed E-state index contributed by atoms with van der Waals surface area (Å²) in [6.07, 6.45) is -4.76. The number of carbonyl (C=O) groups excluding carboxylic acids is 1. The molecular formula is C20H19ClF3N5O4. The van der Waals surface area contributed by atoms with E-state index in [0.29, 0.717) is 44.0 Å². The Bertz CT molecular complexity index is 1150. The van der Waals surface area contributed by atoms with Crippen LogP contribution in [-0.4, -0.2) is 60.0 Å². The van der Waals surface area contributed by atoms with Gasteiger partial charge in [0.1, 0.15) is 11.3 Å². The van der Waals surface area contributed by atoms with E-state index in [1.54, 1.807) is 17.9 Å². The van der Waals surface area contributed by atoms with E-state index in [9.17, 15) is 18.0 Å². The van der Waals surface area contributed by atoms with E-state index in [1.165, 1.54) is 24.3 Å². The zero-order valence-electron chi connectivity index (χ0n) is 17.4. The van der Waals surface area contributed by atoms with Gasteiger partial charge in [0.15, 0.2) is 11.0 Å². The minimum absolute atomic E-state index is 0.101. The van der Waals surface area contributed by atoms with Crippen molar-refractivity contribution in [1.82, 2.24) is 14.9 Å². The molecule has 3 heterocycles. The Kier molecular flexibility index (Phi) is 6.36. The highest BCUT2D eigenvalue weighted by molar-refractivity contribution is 6.29. The molecule has 2 amide bonds.